The van der Waals surface area contributed by atoms with E-state index in [0.717, 1.165) is 5.75 Å². The lowest BCUT2D eigenvalue weighted by molar-refractivity contribution is 0.622. The van der Waals surface area contributed by atoms with Crippen molar-refractivity contribution >= 4 is 23.4 Å². The molecule has 0 spiro atoms. The molecule has 0 radical (unpaired) electrons. The Bertz CT molecular complexity index is 747. The Balaban J connectivity index is 2.73. The highest BCUT2D eigenvalue weighted by Gasteiger charge is 2.17. The van der Waals surface area contributed by atoms with E-state index in [1.807, 2.05) is 19.9 Å². The van der Waals surface area contributed by atoms with Crippen LogP contribution in [0.1, 0.15) is 19.4 Å². The van der Waals surface area contributed by atoms with E-state index in [9.17, 15) is 10.1 Å². The Hall–Kier alpha value is -1.77. The Kier molecular flexibility index (Phi) is 5.05. The summed E-state index contributed by atoms with van der Waals surface area (Å²) in [7, 11) is 0. The zero-order valence-corrected chi connectivity index (χ0v) is 13.3. The molecule has 1 aromatic heterocycles. The molecule has 108 valence electrons. The minimum Gasteiger partial charge on any atom is -0.287 e. The number of thioether (sulfide) groups is 1. The van der Waals surface area contributed by atoms with E-state index < -0.39 is 0 Å². The molecule has 2 rings (SSSR count). The number of rotatable bonds is 4. The number of hydrogen-bond donors (Lipinski definition) is 0. The number of aromatic nitrogens is 2. The van der Waals surface area contributed by atoms with Gasteiger partial charge in [-0.05, 0) is 24.8 Å². The minimum absolute atomic E-state index is 0.0691. The van der Waals surface area contributed by atoms with Crippen LogP contribution in [0.4, 0.5) is 0 Å². The van der Waals surface area contributed by atoms with Crippen LogP contribution in [-0.4, -0.2) is 15.3 Å². The van der Waals surface area contributed by atoms with E-state index in [0.29, 0.717) is 28.0 Å². The van der Waals surface area contributed by atoms with Gasteiger partial charge in [0.1, 0.15) is 11.6 Å². The molecule has 1 aromatic carbocycles. The highest BCUT2D eigenvalue weighted by molar-refractivity contribution is 7.99. The molecule has 0 aliphatic rings. The number of benzene rings is 1. The van der Waals surface area contributed by atoms with Crippen molar-refractivity contribution in [2.75, 3.05) is 5.75 Å². The van der Waals surface area contributed by atoms with Gasteiger partial charge in [0.25, 0.3) is 5.56 Å². The van der Waals surface area contributed by atoms with Crippen molar-refractivity contribution in [3.05, 3.63) is 45.2 Å². The fraction of sp³-hybridized carbons (Fsp3) is 0.267. The van der Waals surface area contributed by atoms with Crippen molar-refractivity contribution in [2.24, 2.45) is 0 Å². The molecule has 0 saturated heterocycles. The molecule has 4 nitrogen and oxygen atoms in total. The summed E-state index contributed by atoms with van der Waals surface area (Å²) in [6.45, 7) is 4.35. The van der Waals surface area contributed by atoms with Gasteiger partial charge in [0, 0.05) is 17.1 Å². The van der Waals surface area contributed by atoms with Gasteiger partial charge in [-0.25, -0.2) is 4.98 Å². The van der Waals surface area contributed by atoms with Gasteiger partial charge >= 0.3 is 0 Å². The zero-order valence-electron chi connectivity index (χ0n) is 11.8. The summed E-state index contributed by atoms with van der Waals surface area (Å²) < 4.78 is 1.53. The van der Waals surface area contributed by atoms with Crippen LogP contribution in [0.5, 0.6) is 0 Å². The molecule has 21 heavy (non-hydrogen) atoms. The first-order chi connectivity index (χ1) is 10.1. The molecule has 0 amide bonds. The van der Waals surface area contributed by atoms with Crippen LogP contribution in [0.25, 0.3) is 11.3 Å². The first-order valence-electron chi connectivity index (χ1n) is 6.56. The molecule has 2 aromatic rings. The lowest BCUT2D eigenvalue weighted by Gasteiger charge is -2.12. The maximum absolute atomic E-state index is 12.4. The van der Waals surface area contributed by atoms with Gasteiger partial charge in [-0.2, -0.15) is 5.26 Å². The average molecular weight is 320 g/mol. The van der Waals surface area contributed by atoms with Gasteiger partial charge in [-0.15, -0.1) is 0 Å². The molecule has 0 N–H and O–H groups in total. The Labute approximate surface area is 132 Å². The third-order valence-corrected chi connectivity index (χ3v) is 4.06. The third-order valence-electron chi connectivity index (χ3n) is 2.95. The summed E-state index contributed by atoms with van der Waals surface area (Å²) in [5.41, 5.74) is 0.907. The molecule has 0 aliphatic heterocycles. The van der Waals surface area contributed by atoms with Gasteiger partial charge in [0.2, 0.25) is 0 Å². The van der Waals surface area contributed by atoms with Crippen LogP contribution in [0.15, 0.2) is 34.2 Å². The highest BCUT2D eigenvalue weighted by Crippen LogP contribution is 2.24. The predicted octanol–water partition coefficient (Wildman–Crippen LogP) is 3.57. The summed E-state index contributed by atoms with van der Waals surface area (Å²) in [6.07, 6.45) is 0. The first-order valence-corrected chi connectivity index (χ1v) is 7.92. The van der Waals surface area contributed by atoms with Gasteiger partial charge in [0.15, 0.2) is 5.16 Å². The largest absolute Gasteiger partial charge is 0.287 e. The lowest BCUT2D eigenvalue weighted by atomic mass is 10.1. The lowest BCUT2D eigenvalue weighted by Crippen LogP contribution is -2.25. The summed E-state index contributed by atoms with van der Waals surface area (Å²) in [4.78, 5) is 17.0. The van der Waals surface area contributed by atoms with E-state index in [-0.39, 0.29) is 11.1 Å². The summed E-state index contributed by atoms with van der Waals surface area (Å²) in [5, 5.41) is 10.6. The van der Waals surface area contributed by atoms with Gasteiger partial charge in [-0.3, -0.25) is 9.36 Å². The standard InChI is InChI=1S/C15H14ClN3OS/c1-3-19-14(20)12(9-17)13(18-15(19)21-4-2)10-5-7-11(16)8-6-10/h5-8H,3-4H2,1-2H3. The van der Waals surface area contributed by atoms with Crippen LogP contribution < -0.4 is 5.56 Å². The smallest absolute Gasteiger partial charge is 0.272 e. The Morgan fingerprint density at radius 1 is 1.33 bits per heavy atom. The fourth-order valence-electron chi connectivity index (χ4n) is 1.97. The Morgan fingerprint density at radius 3 is 2.52 bits per heavy atom. The first kappa shape index (κ1) is 15.6. The van der Waals surface area contributed by atoms with Crippen LogP contribution in [0.3, 0.4) is 0 Å². The third kappa shape index (κ3) is 3.12. The van der Waals surface area contributed by atoms with E-state index in [1.165, 1.54) is 16.3 Å². The van der Waals surface area contributed by atoms with Crippen molar-refractivity contribution in [1.29, 1.82) is 5.26 Å². The maximum atomic E-state index is 12.4. The number of hydrogen-bond acceptors (Lipinski definition) is 4. The number of nitriles is 1. The molecule has 6 heteroatoms. The molecule has 0 bridgehead atoms. The van der Waals surface area contributed by atoms with E-state index in [2.05, 4.69) is 4.98 Å². The molecular weight excluding hydrogens is 306 g/mol. The van der Waals surface area contributed by atoms with Crippen molar-refractivity contribution in [1.82, 2.24) is 9.55 Å². The van der Waals surface area contributed by atoms with E-state index in [4.69, 9.17) is 11.6 Å². The van der Waals surface area contributed by atoms with Gasteiger partial charge in [-0.1, -0.05) is 42.4 Å². The number of nitrogens with zero attached hydrogens (tertiary/aromatic N) is 3. The molecule has 0 saturated carbocycles. The second-order valence-corrected chi connectivity index (χ2v) is 5.89. The second kappa shape index (κ2) is 6.79. The Morgan fingerprint density at radius 2 is 2.00 bits per heavy atom. The van der Waals surface area contributed by atoms with Gasteiger partial charge in [0.05, 0.1) is 5.69 Å². The molecule has 0 unspecified atom stereocenters. The van der Waals surface area contributed by atoms with E-state index >= 15 is 0 Å². The SMILES string of the molecule is CCSc1nc(-c2ccc(Cl)cc2)c(C#N)c(=O)n1CC. The fourth-order valence-corrected chi connectivity index (χ4v) is 2.88. The van der Waals surface area contributed by atoms with Crippen LogP contribution in [0.2, 0.25) is 5.02 Å². The highest BCUT2D eigenvalue weighted by atomic mass is 35.5. The molecule has 0 fully saturated rings. The maximum Gasteiger partial charge on any atom is 0.272 e. The summed E-state index contributed by atoms with van der Waals surface area (Å²) in [5.74, 6) is 0.804. The topological polar surface area (TPSA) is 58.7 Å². The summed E-state index contributed by atoms with van der Waals surface area (Å²) in [6, 6.07) is 8.95. The molecule has 0 atom stereocenters. The average Bonchev–Trinajstić information content (AvgIpc) is 2.48. The second-order valence-electron chi connectivity index (χ2n) is 4.22. The summed E-state index contributed by atoms with van der Waals surface area (Å²) >= 11 is 7.37. The van der Waals surface area contributed by atoms with Crippen LogP contribution >= 0.6 is 23.4 Å². The number of halogens is 1. The van der Waals surface area contributed by atoms with Crippen molar-refractivity contribution < 1.29 is 0 Å². The van der Waals surface area contributed by atoms with Crippen molar-refractivity contribution in [3.63, 3.8) is 0 Å². The monoisotopic (exact) mass is 319 g/mol. The van der Waals surface area contributed by atoms with Crippen molar-refractivity contribution in [3.8, 4) is 17.3 Å². The molecule has 1 heterocycles. The quantitative estimate of drug-likeness (QED) is 0.638. The molecular formula is C15H14ClN3OS. The normalized spacial score (nSPS) is 10.4. The predicted molar refractivity (Wildman–Crippen MR) is 85.7 cm³/mol. The van der Waals surface area contributed by atoms with Gasteiger partial charge < -0.3 is 0 Å². The van der Waals surface area contributed by atoms with Crippen molar-refractivity contribution in [2.45, 2.75) is 25.5 Å². The minimum atomic E-state index is -0.295. The van der Waals surface area contributed by atoms with E-state index in [1.54, 1.807) is 24.3 Å². The molecule has 0 aliphatic carbocycles. The zero-order chi connectivity index (χ0) is 15.4. The van der Waals surface area contributed by atoms with Crippen LogP contribution in [-0.2, 0) is 6.54 Å². The van der Waals surface area contributed by atoms with Crippen LogP contribution in [0, 0.1) is 11.3 Å².